The summed E-state index contributed by atoms with van der Waals surface area (Å²) in [4.78, 5) is 4.15. The Morgan fingerprint density at radius 1 is 1.58 bits per heavy atom. The van der Waals surface area contributed by atoms with Crippen LogP contribution in [0.4, 0.5) is 0 Å². The molecular formula is C10H10N2. The van der Waals surface area contributed by atoms with E-state index in [0.29, 0.717) is 0 Å². The fourth-order valence-corrected chi connectivity index (χ4v) is 0.866. The van der Waals surface area contributed by atoms with Crippen molar-refractivity contribution in [3.63, 3.8) is 0 Å². The summed E-state index contributed by atoms with van der Waals surface area (Å²) in [6.07, 6.45) is 5.94. The first-order valence-electron chi connectivity index (χ1n) is 3.88. The van der Waals surface area contributed by atoms with E-state index in [1.165, 1.54) is 11.6 Å². The van der Waals surface area contributed by atoms with Gasteiger partial charge in [0.25, 0.3) is 0 Å². The molecule has 0 aliphatic carbocycles. The largest absolute Gasteiger partial charge is 0.257 e. The number of nitrogens with zero attached hydrogens (tertiary/aromatic N) is 2. The van der Waals surface area contributed by atoms with Gasteiger partial charge in [-0.2, -0.15) is 5.26 Å². The molecule has 1 heterocycles. The fourth-order valence-electron chi connectivity index (χ4n) is 0.866. The van der Waals surface area contributed by atoms with Crippen LogP contribution in [-0.2, 0) is 6.42 Å². The molecule has 0 unspecified atom stereocenters. The number of hydrogen-bond donors (Lipinski definition) is 0. The van der Waals surface area contributed by atoms with Crippen LogP contribution in [0.25, 0.3) is 6.08 Å². The van der Waals surface area contributed by atoms with Gasteiger partial charge in [0.1, 0.15) is 0 Å². The van der Waals surface area contributed by atoms with Crippen molar-refractivity contribution >= 4 is 6.08 Å². The zero-order chi connectivity index (χ0) is 8.81. The highest BCUT2D eigenvalue weighted by atomic mass is 14.7. The van der Waals surface area contributed by atoms with Crippen LogP contribution in [0, 0.1) is 11.3 Å². The predicted octanol–water partition coefficient (Wildman–Crippen LogP) is 2.18. The first-order valence-corrected chi connectivity index (χ1v) is 3.88. The molecule has 2 nitrogen and oxygen atoms in total. The van der Waals surface area contributed by atoms with Crippen LogP contribution < -0.4 is 0 Å². The summed E-state index contributed by atoms with van der Waals surface area (Å²) in [6.45, 7) is 2.09. The number of aromatic nitrogens is 1. The molecule has 0 saturated carbocycles. The summed E-state index contributed by atoms with van der Waals surface area (Å²) in [7, 11) is 0. The van der Waals surface area contributed by atoms with Gasteiger partial charge >= 0.3 is 0 Å². The lowest BCUT2D eigenvalue weighted by molar-refractivity contribution is 1.10. The van der Waals surface area contributed by atoms with Crippen LogP contribution in [0.3, 0.4) is 0 Å². The molecule has 60 valence electrons. The molecule has 0 saturated heterocycles. The second-order valence-corrected chi connectivity index (χ2v) is 2.41. The molecule has 1 aromatic rings. The molecule has 0 bridgehead atoms. The van der Waals surface area contributed by atoms with Crippen LogP contribution in [0.1, 0.15) is 18.2 Å². The van der Waals surface area contributed by atoms with Gasteiger partial charge < -0.3 is 0 Å². The minimum atomic E-state index is 0.828. The molecular weight excluding hydrogens is 148 g/mol. The van der Waals surface area contributed by atoms with Gasteiger partial charge in [-0.15, -0.1) is 0 Å². The Kier molecular flexibility index (Phi) is 3.04. The van der Waals surface area contributed by atoms with Crippen molar-refractivity contribution in [2.45, 2.75) is 13.3 Å². The molecule has 0 amide bonds. The zero-order valence-electron chi connectivity index (χ0n) is 6.99. The fraction of sp³-hybridized carbons (Fsp3) is 0.200. The average molecular weight is 158 g/mol. The van der Waals surface area contributed by atoms with E-state index < -0.39 is 0 Å². The highest BCUT2D eigenvalue weighted by Crippen LogP contribution is 2.01. The lowest BCUT2D eigenvalue weighted by Gasteiger charge is -1.94. The maximum atomic E-state index is 8.26. The Morgan fingerprint density at radius 3 is 2.92 bits per heavy atom. The van der Waals surface area contributed by atoms with Crippen molar-refractivity contribution in [3.8, 4) is 6.07 Å². The summed E-state index contributed by atoms with van der Waals surface area (Å²) in [6, 6.07) is 5.85. The molecule has 1 rings (SSSR count). The third-order valence-electron chi connectivity index (χ3n) is 1.58. The highest BCUT2D eigenvalue weighted by molar-refractivity contribution is 5.47. The van der Waals surface area contributed by atoms with Crippen molar-refractivity contribution in [3.05, 3.63) is 35.7 Å². The van der Waals surface area contributed by atoms with E-state index in [9.17, 15) is 0 Å². The van der Waals surface area contributed by atoms with E-state index in [-0.39, 0.29) is 0 Å². The van der Waals surface area contributed by atoms with Crippen LogP contribution in [0.2, 0.25) is 0 Å². The first-order chi connectivity index (χ1) is 5.86. The molecule has 0 N–H and O–H groups in total. The van der Waals surface area contributed by atoms with Crippen molar-refractivity contribution in [1.82, 2.24) is 4.98 Å². The quantitative estimate of drug-likeness (QED) is 0.618. The minimum absolute atomic E-state index is 0.828. The van der Waals surface area contributed by atoms with Crippen molar-refractivity contribution in [1.29, 1.82) is 5.26 Å². The molecule has 0 spiro atoms. The van der Waals surface area contributed by atoms with Gasteiger partial charge in [-0.1, -0.05) is 13.0 Å². The topological polar surface area (TPSA) is 36.7 Å². The number of pyridine rings is 1. The predicted molar refractivity (Wildman–Crippen MR) is 48.3 cm³/mol. The van der Waals surface area contributed by atoms with Crippen molar-refractivity contribution < 1.29 is 0 Å². The Morgan fingerprint density at radius 2 is 2.42 bits per heavy atom. The number of allylic oxidation sites excluding steroid dienone is 1. The lowest BCUT2D eigenvalue weighted by Crippen LogP contribution is -1.84. The number of rotatable bonds is 2. The smallest absolute Gasteiger partial charge is 0.0912 e. The zero-order valence-corrected chi connectivity index (χ0v) is 6.99. The third kappa shape index (κ3) is 2.21. The first kappa shape index (κ1) is 8.48. The third-order valence-corrected chi connectivity index (χ3v) is 1.58. The molecule has 12 heavy (non-hydrogen) atoms. The Hall–Kier alpha value is -1.62. The monoisotopic (exact) mass is 158 g/mol. The maximum Gasteiger partial charge on any atom is 0.0912 e. The van der Waals surface area contributed by atoms with E-state index in [1.807, 2.05) is 24.4 Å². The Balaban J connectivity index is 2.79. The lowest BCUT2D eigenvalue weighted by atomic mass is 10.2. The summed E-state index contributed by atoms with van der Waals surface area (Å²) < 4.78 is 0. The van der Waals surface area contributed by atoms with Crippen LogP contribution in [0.5, 0.6) is 0 Å². The van der Waals surface area contributed by atoms with E-state index in [1.54, 1.807) is 6.08 Å². The van der Waals surface area contributed by atoms with Crippen LogP contribution in [0.15, 0.2) is 24.4 Å². The second kappa shape index (κ2) is 4.30. The molecule has 0 aliphatic rings. The normalized spacial score (nSPS) is 10.0. The summed E-state index contributed by atoms with van der Waals surface area (Å²) >= 11 is 0. The Bertz CT molecular complexity index is 304. The molecule has 0 aromatic carbocycles. The summed E-state index contributed by atoms with van der Waals surface area (Å²) in [5.41, 5.74) is 2.04. The molecule has 2 heteroatoms. The molecule has 0 radical (unpaired) electrons. The van der Waals surface area contributed by atoms with E-state index in [2.05, 4.69) is 11.9 Å². The van der Waals surface area contributed by atoms with Crippen LogP contribution >= 0.6 is 0 Å². The molecule has 0 aliphatic heterocycles. The SMILES string of the molecule is CCc1ccc(/C=C\C#N)nc1. The molecule has 0 atom stereocenters. The van der Waals surface area contributed by atoms with Gasteiger partial charge in [-0.25, -0.2) is 0 Å². The standard InChI is InChI=1S/C10H10N2/c1-2-9-5-6-10(12-8-9)4-3-7-11/h3-6,8H,2H2,1H3/b4-3-. The number of aryl methyl sites for hydroxylation is 1. The van der Waals surface area contributed by atoms with Gasteiger partial charge in [-0.05, 0) is 24.1 Å². The van der Waals surface area contributed by atoms with Gasteiger partial charge in [-0.3, -0.25) is 4.98 Å². The Labute approximate surface area is 72.2 Å². The van der Waals surface area contributed by atoms with Crippen molar-refractivity contribution in [2.24, 2.45) is 0 Å². The van der Waals surface area contributed by atoms with Crippen LogP contribution in [-0.4, -0.2) is 4.98 Å². The number of nitriles is 1. The minimum Gasteiger partial charge on any atom is -0.257 e. The van der Waals surface area contributed by atoms with Gasteiger partial charge in [0.05, 0.1) is 11.8 Å². The van der Waals surface area contributed by atoms with E-state index in [0.717, 1.165) is 12.1 Å². The number of hydrogen-bond acceptors (Lipinski definition) is 2. The summed E-state index contributed by atoms with van der Waals surface area (Å²) in [5, 5.41) is 8.26. The maximum absolute atomic E-state index is 8.26. The van der Waals surface area contributed by atoms with Gasteiger partial charge in [0.15, 0.2) is 0 Å². The van der Waals surface area contributed by atoms with Gasteiger partial charge in [0.2, 0.25) is 0 Å². The summed E-state index contributed by atoms with van der Waals surface area (Å²) in [5.74, 6) is 0. The molecule has 0 fully saturated rings. The van der Waals surface area contributed by atoms with E-state index in [4.69, 9.17) is 5.26 Å². The molecule has 1 aromatic heterocycles. The second-order valence-electron chi connectivity index (χ2n) is 2.41. The van der Waals surface area contributed by atoms with Crippen molar-refractivity contribution in [2.75, 3.05) is 0 Å². The van der Waals surface area contributed by atoms with Gasteiger partial charge in [0, 0.05) is 12.3 Å². The average Bonchev–Trinajstić information content (AvgIpc) is 2.15. The van der Waals surface area contributed by atoms with E-state index >= 15 is 0 Å². The highest BCUT2D eigenvalue weighted by Gasteiger charge is 1.89.